The van der Waals surface area contributed by atoms with Crippen molar-refractivity contribution in [3.63, 3.8) is 0 Å². The Morgan fingerprint density at radius 3 is 2.58 bits per heavy atom. The van der Waals surface area contributed by atoms with Gasteiger partial charge in [-0.25, -0.2) is 4.98 Å². The van der Waals surface area contributed by atoms with Crippen molar-refractivity contribution >= 4 is 27.5 Å². The number of imidazole rings is 1. The van der Waals surface area contributed by atoms with E-state index in [1.165, 1.54) is 10.5 Å². The zero-order valence-electron chi connectivity index (χ0n) is 9.71. The van der Waals surface area contributed by atoms with Crippen molar-refractivity contribution < 1.29 is 9.90 Å². The van der Waals surface area contributed by atoms with Gasteiger partial charge in [0.2, 0.25) is 0 Å². The molecule has 0 saturated heterocycles. The van der Waals surface area contributed by atoms with Gasteiger partial charge in [0.25, 0.3) is 0 Å². The van der Waals surface area contributed by atoms with E-state index in [0.29, 0.717) is 5.65 Å². The van der Waals surface area contributed by atoms with Crippen LogP contribution in [0.2, 0.25) is 0 Å². The van der Waals surface area contributed by atoms with Crippen molar-refractivity contribution in [3.8, 4) is 11.3 Å². The summed E-state index contributed by atoms with van der Waals surface area (Å²) >= 11 is 3.37. The summed E-state index contributed by atoms with van der Waals surface area (Å²) in [5, 5.41) is 11.0. The maximum Gasteiger partial charge on any atom is 0.137 e. The lowest BCUT2D eigenvalue weighted by Gasteiger charge is -2.04. The molecule has 1 aromatic carbocycles. The largest absolute Gasteiger partial charge is 0.543 e. The van der Waals surface area contributed by atoms with Crippen LogP contribution in [0.1, 0.15) is 10.5 Å². The average molecular weight is 316 g/mol. The number of carboxylic acid groups (broad SMARTS) is 1. The molecule has 0 aliphatic heterocycles. The molecule has 3 aromatic rings. The number of hydrogen-bond donors (Lipinski definition) is 0. The highest BCUT2D eigenvalue weighted by molar-refractivity contribution is 9.10. The van der Waals surface area contributed by atoms with Crippen LogP contribution in [-0.2, 0) is 0 Å². The van der Waals surface area contributed by atoms with E-state index in [1.807, 2.05) is 24.3 Å². The first-order chi connectivity index (χ1) is 9.15. The van der Waals surface area contributed by atoms with Gasteiger partial charge in [0, 0.05) is 16.2 Å². The van der Waals surface area contributed by atoms with Crippen LogP contribution in [0, 0.1) is 0 Å². The summed E-state index contributed by atoms with van der Waals surface area (Å²) in [5.74, 6) is -1.22. The molecule has 94 valence electrons. The second kappa shape index (κ2) is 4.51. The topological polar surface area (TPSA) is 57.4 Å². The van der Waals surface area contributed by atoms with Crippen LogP contribution in [0.25, 0.3) is 16.9 Å². The SMILES string of the molecule is O=C([O-])c1cccc2nc(-c3ccc(Br)cc3)cn12. The lowest BCUT2D eigenvalue weighted by molar-refractivity contribution is -0.255. The van der Waals surface area contributed by atoms with Crippen LogP contribution >= 0.6 is 15.9 Å². The smallest absolute Gasteiger partial charge is 0.137 e. The third-order valence-electron chi connectivity index (χ3n) is 2.84. The minimum absolute atomic E-state index is 0.0911. The molecular formula is C14H8BrN2O2-. The van der Waals surface area contributed by atoms with Gasteiger partial charge in [-0.15, -0.1) is 0 Å². The van der Waals surface area contributed by atoms with E-state index >= 15 is 0 Å². The first-order valence-electron chi connectivity index (χ1n) is 5.60. The number of carbonyl (C=O) groups is 1. The van der Waals surface area contributed by atoms with Gasteiger partial charge in [-0.3, -0.25) is 4.40 Å². The minimum atomic E-state index is -1.22. The molecule has 0 aliphatic rings. The van der Waals surface area contributed by atoms with Crippen molar-refractivity contribution in [3.05, 3.63) is 58.8 Å². The molecule has 0 N–H and O–H groups in total. The molecule has 0 saturated carbocycles. The first kappa shape index (κ1) is 11.9. The number of rotatable bonds is 2. The number of nitrogens with zero attached hydrogens (tertiary/aromatic N) is 2. The van der Waals surface area contributed by atoms with Crippen molar-refractivity contribution in [2.75, 3.05) is 0 Å². The third-order valence-corrected chi connectivity index (χ3v) is 3.37. The Morgan fingerprint density at radius 2 is 1.89 bits per heavy atom. The van der Waals surface area contributed by atoms with Gasteiger partial charge < -0.3 is 9.90 Å². The molecule has 5 heteroatoms. The molecule has 0 radical (unpaired) electrons. The first-order valence-corrected chi connectivity index (χ1v) is 6.40. The molecule has 0 fully saturated rings. The van der Waals surface area contributed by atoms with Crippen LogP contribution in [0.5, 0.6) is 0 Å². The van der Waals surface area contributed by atoms with E-state index in [4.69, 9.17) is 0 Å². The lowest BCUT2D eigenvalue weighted by Crippen LogP contribution is -2.24. The van der Waals surface area contributed by atoms with Crippen LogP contribution in [-0.4, -0.2) is 15.4 Å². The predicted octanol–water partition coefficient (Wildman–Crippen LogP) is 2.13. The number of fused-ring (bicyclic) bond motifs is 1. The van der Waals surface area contributed by atoms with Gasteiger partial charge in [0.05, 0.1) is 17.4 Å². The molecule has 0 aliphatic carbocycles. The highest BCUT2D eigenvalue weighted by Gasteiger charge is 2.07. The number of aromatic nitrogens is 2. The van der Waals surface area contributed by atoms with Crippen LogP contribution in [0.4, 0.5) is 0 Å². The molecule has 3 rings (SSSR count). The van der Waals surface area contributed by atoms with E-state index in [2.05, 4.69) is 20.9 Å². The van der Waals surface area contributed by atoms with Gasteiger partial charge >= 0.3 is 0 Å². The Bertz CT molecular complexity index is 763. The summed E-state index contributed by atoms with van der Waals surface area (Å²) in [4.78, 5) is 15.5. The number of pyridine rings is 1. The summed E-state index contributed by atoms with van der Waals surface area (Å²) < 4.78 is 2.50. The van der Waals surface area contributed by atoms with Crippen molar-refractivity contribution in [1.82, 2.24) is 9.38 Å². The van der Waals surface area contributed by atoms with Gasteiger partial charge in [-0.2, -0.15) is 0 Å². The van der Waals surface area contributed by atoms with E-state index in [1.54, 1.807) is 18.3 Å². The monoisotopic (exact) mass is 315 g/mol. The molecule has 19 heavy (non-hydrogen) atoms. The molecule has 0 unspecified atom stereocenters. The van der Waals surface area contributed by atoms with Gasteiger partial charge in [-0.05, 0) is 24.3 Å². The average Bonchev–Trinajstić information content (AvgIpc) is 2.82. The molecule has 2 heterocycles. The summed E-state index contributed by atoms with van der Waals surface area (Å²) in [6.07, 6.45) is 1.70. The maximum atomic E-state index is 11.0. The molecule has 0 atom stereocenters. The number of hydrogen-bond acceptors (Lipinski definition) is 3. The molecule has 0 amide bonds. The fraction of sp³-hybridized carbons (Fsp3) is 0. The van der Waals surface area contributed by atoms with Gasteiger partial charge in [0.1, 0.15) is 5.65 Å². The van der Waals surface area contributed by atoms with E-state index in [-0.39, 0.29) is 5.69 Å². The fourth-order valence-corrected chi connectivity index (χ4v) is 2.20. The third kappa shape index (κ3) is 2.13. The Balaban J connectivity index is 2.19. The second-order valence-electron chi connectivity index (χ2n) is 4.06. The van der Waals surface area contributed by atoms with Crippen molar-refractivity contribution in [2.45, 2.75) is 0 Å². The van der Waals surface area contributed by atoms with Gasteiger partial charge in [-0.1, -0.05) is 34.1 Å². The Morgan fingerprint density at radius 1 is 1.16 bits per heavy atom. The van der Waals surface area contributed by atoms with Crippen molar-refractivity contribution in [2.24, 2.45) is 0 Å². The molecule has 2 aromatic heterocycles. The highest BCUT2D eigenvalue weighted by Crippen LogP contribution is 2.22. The normalized spacial score (nSPS) is 10.8. The van der Waals surface area contributed by atoms with Crippen LogP contribution < -0.4 is 5.11 Å². The lowest BCUT2D eigenvalue weighted by atomic mass is 10.2. The summed E-state index contributed by atoms with van der Waals surface area (Å²) in [7, 11) is 0. The number of halogens is 1. The number of aromatic carboxylic acids is 1. The zero-order chi connectivity index (χ0) is 13.4. The Hall–Kier alpha value is -2.14. The highest BCUT2D eigenvalue weighted by atomic mass is 79.9. The predicted molar refractivity (Wildman–Crippen MR) is 72.7 cm³/mol. The Kier molecular flexibility index (Phi) is 2.83. The van der Waals surface area contributed by atoms with E-state index < -0.39 is 5.97 Å². The zero-order valence-corrected chi connectivity index (χ0v) is 11.3. The maximum absolute atomic E-state index is 11.0. The van der Waals surface area contributed by atoms with Gasteiger partial charge in [0.15, 0.2) is 0 Å². The number of carbonyl (C=O) groups excluding carboxylic acids is 1. The molecule has 0 spiro atoms. The van der Waals surface area contributed by atoms with Crippen molar-refractivity contribution in [1.29, 1.82) is 0 Å². The fourth-order valence-electron chi connectivity index (χ4n) is 1.94. The van der Waals surface area contributed by atoms with E-state index in [9.17, 15) is 9.90 Å². The number of carboxylic acids is 1. The summed E-state index contributed by atoms with van der Waals surface area (Å²) in [5.41, 5.74) is 2.32. The molecular weight excluding hydrogens is 308 g/mol. The standard InChI is InChI=1S/C14H9BrN2O2/c15-10-6-4-9(5-7-10)11-8-17-12(14(18)19)2-1-3-13(17)16-11/h1-8H,(H,18,19)/p-1. The Labute approximate surface area is 117 Å². The second-order valence-corrected chi connectivity index (χ2v) is 4.98. The summed E-state index contributed by atoms with van der Waals surface area (Å²) in [6.45, 7) is 0. The quantitative estimate of drug-likeness (QED) is 0.728. The minimum Gasteiger partial charge on any atom is -0.543 e. The van der Waals surface area contributed by atoms with E-state index in [0.717, 1.165) is 15.7 Å². The molecule has 0 bridgehead atoms. The van der Waals surface area contributed by atoms with Crippen LogP contribution in [0.15, 0.2) is 53.1 Å². The molecule has 4 nitrogen and oxygen atoms in total. The van der Waals surface area contributed by atoms with Crippen LogP contribution in [0.3, 0.4) is 0 Å². The summed E-state index contributed by atoms with van der Waals surface area (Å²) in [6, 6.07) is 12.6. The number of benzene rings is 1.